The summed E-state index contributed by atoms with van der Waals surface area (Å²) < 4.78 is 5.72. The molecule has 0 unspecified atom stereocenters. The maximum absolute atomic E-state index is 10.8. The van der Waals surface area contributed by atoms with Crippen LogP contribution in [0.2, 0.25) is 0 Å². The Balaban J connectivity index is 2.11. The summed E-state index contributed by atoms with van der Waals surface area (Å²) in [6, 6.07) is 14.4. The van der Waals surface area contributed by atoms with Crippen molar-refractivity contribution < 1.29 is 14.6 Å². The van der Waals surface area contributed by atoms with Crippen LogP contribution in [-0.4, -0.2) is 17.1 Å². The Hall–Kier alpha value is -2.49. The highest BCUT2D eigenvalue weighted by Gasteiger charge is 2.11. The Morgan fingerprint density at radius 1 is 1.15 bits per heavy atom. The quantitative estimate of drug-likeness (QED) is 0.871. The Bertz CT molecular complexity index is 596. The summed E-state index contributed by atoms with van der Waals surface area (Å²) >= 11 is 0. The van der Waals surface area contributed by atoms with E-state index in [1.54, 1.807) is 6.92 Å². The average molecular weight is 271 g/mol. The van der Waals surface area contributed by atoms with Crippen LogP contribution in [0, 0.1) is 6.92 Å². The van der Waals surface area contributed by atoms with Crippen molar-refractivity contribution in [1.82, 2.24) is 0 Å². The van der Waals surface area contributed by atoms with Gasteiger partial charge in [0.05, 0.1) is 0 Å². The van der Waals surface area contributed by atoms with Gasteiger partial charge in [0.25, 0.3) is 0 Å². The van der Waals surface area contributed by atoms with E-state index >= 15 is 0 Å². The lowest BCUT2D eigenvalue weighted by molar-refractivity contribution is -0.137. The molecular formula is C16H17NO3. The van der Waals surface area contributed by atoms with E-state index in [0.717, 1.165) is 22.7 Å². The Morgan fingerprint density at radius 3 is 2.45 bits per heavy atom. The molecule has 2 aromatic rings. The predicted molar refractivity (Wildman–Crippen MR) is 78.4 cm³/mol. The van der Waals surface area contributed by atoms with Gasteiger partial charge in [-0.2, -0.15) is 0 Å². The number of anilines is 1. The number of carbonyl (C=O) groups is 1. The standard InChI is InChI=1S/C16H17NO3/c1-11-10-14(20-13-6-4-3-5-7-13)8-9-15(11)17-12(2)16(18)19/h3-10,12,17H,1-2H3,(H,18,19)/t12-/m0/s1. The highest BCUT2D eigenvalue weighted by atomic mass is 16.5. The third kappa shape index (κ3) is 3.51. The van der Waals surface area contributed by atoms with E-state index in [0.29, 0.717) is 0 Å². The minimum absolute atomic E-state index is 0.630. The fourth-order valence-electron chi connectivity index (χ4n) is 1.78. The van der Waals surface area contributed by atoms with E-state index in [4.69, 9.17) is 9.84 Å². The summed E-state index contributed by atoms with van der Waals surface area (Å²) in [6.45, 7) is 3.52. The fourth-order valence-corrected chi connectivity index (χ4v) is 1.78. The summed E-state index contributed by atoms with van der Waals surface area (Å²) in [5, 5.41) is 11.8. The van der Waals surface area contributed by atoms with Crippen molar-refractivity contribution in [3.05, 3.63) is 54.1 Å². The smallest absolute Gasteiger partial charge is 0.325 e. The Labute approximate surface area is 118 Å². The van der Waals surface area contributed by atoms with Crippen LogP contribution in [-0.2, 0) is 4.79 Å². The lowest BCUT2D eigenvalue weighted by Crippen LogP contribution is -2.25. The van der Waals surface area contributed by atoms with Crippen molar-refractivity contribution in [3.8, 4) is 11.5 Å². The molecule has 0 fully saturated rings. The van der Waals surface area contributed by atoms with Crippen LogP contribution in [0.3, 0.4) is 0 Å². The van der Waals surface area contributed by atoms with Crippen molar-refractivity contribution >= 4 is 11.7 Å². The minimum atomic E-state index is -0.881. The van der Waals surface area contributed by atoms with Crippen molar-refractivity contribution in [2.24, 2.45) is 0 Å². The van der Waals surface area contributed by atoms with Gasteiger partial charge < -0.3 is 15.2 Å². The molecule has 0 heterocycles. The van der Waals surface area contributed by atoms with Gasteiger partial charge in [0.2, 0.25) is 0 Å². The van der Waals surface area contributed by atoms with Gasteiger partial charge in [0.15, 0.2) is 0 Å². The second-order valence-corrected chi connectivity index (χ2v) is 4.60. The zero-order valence-corrected chi connectivity index (χ0v) is 11.5. The first kappa shape index (κ1) is 13.9. The summed E-state index contributed by atoms with van der Waals surface area (Å²) in [5.74, 6) is 0.614. The van der Waals surface area contributed by atoms with E-state index in [2.05, 4.69) is 5.32 Å². The molecule has 0 saturated heterocycles. The molecule has 2 aromatic carbocycles. The summed E-state index contributed by atoms with van der Waals surface area (Å²) in [4.78, 5) is 10.8. The highest BCUT2D eigenvalue weighted by molar-refractivity contribution is 5.77. The molecule has 0 saturated carbocycles. The van der Waals surface area contributed by atoms with Crippen LogP contribution in [0.15, 0.2) is 48.5 Å². The van der Waals surface area contributed by atoms with Gasteiger partial charge in [0, 0.05) is 5.69 Å². The number of aryl methyl sites for hydroxylation is 1. The van der Waals surface area contributed by atoms with Crippen molar-refractivity contribution in [1.29, 1.82) is 0 Å². The van der Waals surface area contributed by atoms with Crippen LogP contribution in [0.25, 0.3) is 0 Å². The molecule has 0 aromatic heterocycles. The number of aliphatic carboxylic acids is 1. The third-order valence-corrected chi connectivity index (χ3v) is 2.92. The van der Waals surface area contributed by atoms with Gasteiger partial charge >= 0.3 is 5.97 Å². The van der Waals surface area contributed by atoms with Gasteiger partial charge in [-0.25, -0.2) is 0 Å². The number of ether oxygens (including phenoxy) is 1. The predicted octanol–water partition coefficient (Wildman–Crippen LogP) is 3.67. The van der Waals surface area contributed by atoms with E-state index in [1.807, 2.05) is 55.5 Å². The molecule has 1 atom stereocenters. The first-order valence-corrected chi connectivity index (χ1v) is 6.39. The normalized spacial score (nSPS) is 11.7. The van der Waals surface area contributed by atoms with Crippen LogP contribution >= 0.6 is 0 Å². The van der Waals surface area contributed by atoms with Gasteiger partial charge in [0.1, 0.15) is 17.5 Å². The van der Waals surface area contributed by atoms with E-state index in [1.165, 1.54) is 0 Å². The SMILES string of the molecule is Cc1cc(Oc2ccccc2)ccc1N[C@@H](C)C(=O)O. The van der Waals surface area contributed by atoms with E-state index in [9.17, 15) is 4.79 Å². The molecule has 0 radical (unpaired) electrons. The lowest BCUT2D eigenvalue weighted by Gasteiger charge is -2.14. The minimum Gasteiger partial charge on any atom is -0.480 e. The molecule has 104 valence electrons. The topological polar surface area (TPSA) is 58.6 Å². The molecule has 0 aliphatic rings. The van der Waals surface area contributed by atoms with Crippen LogP contribution < -0.4 is 10.1 Å². The van der Waals surface area contributed by atoms with Crippen molar-refractivity contribution in [2.45, 2.75) is 19.9 Å². The van der Waals surface area contributed by atoms with Crippen molar-refractivity contribution in [3.63, 3.8) is 0 Å². The summed E-state index contributed by atoms with van der Waals surface area (Å²) in [5.41, 5.74) is 1.73. The molecule has 2 rings (SSSR count). The van der Waals surface area contributed by atoms with Crippen LogP contribution in [0.4, 0.5) is 5.69 Å². The van der Waals surface area contributed by atoms with Gasteiger partial charge in [-0.3, -0.25) is 4.79 Å². The number of hydrogen-bond acceptors (Lipinski definition) is 3. The number of hydrogen-bond donors (Lipinski definition) is 2. The molecule has 0 spiro atoms. The maximum Gasteiger partial charge on any atom is 0.325 e. The number of benzene rings is 2. The third-order valence-electron chi connectivity index (χ3n) is 2.92. The van der Waals surface area contributed by atoms with Gasteiger partial charge in [-0.15, -0.1) is 0 Å². The van der Waals surface area contributed by atoms with Crippen molar-refractivity contribution in [2.75, 3.05) is 5.32 Å². The van der Waals surface area contributed by atoms with E-state index < -0.39 is 12.0 Å². The number of carboxylic acids is 1. The molecular weight excluding hydrogens is 254 g/mol. The fraction of sp³-hybridized carbons (Fsp3) is 0.188. The largest absolute Gasteiger partial charge is 0.480 e. The monoisotopic (exact) mass is 271 g/mol. The number of carboxylic acid groups (broad SMARTS) is 1. The van der Waals surface area contributed by atoms with Crippen LogP contribution in [0.1, 0.15) is 12.5 Å². The Kier molecular flexibility index (Phi) is 4.25. The molecule has 0 amide bonds. The highest BCUT2D eigenvalue weighted by Crippen LogP contribution is 2.26. The summed E-state index contributed by atoms with van der Waals surface area (Å²) in [7, 11) is 0. The lowest BCUT2D eigenvalue weighted by atomic mass is 10.1. The molecule has 4 heteroatoms. The average Bonchev–Trinajstić information content (AvgIpc) is 2.42. The Morgan fingerprint density at radius 2 is 1.85 bits per heavy atom. The van der Waals surface area contributed by atoms with E-state index in [-0.39, 0.29) is 0 Å². The number of nitrogens with one attached hydrogen (secondary N) is 1. The van der Waals surface area contributed by atoms with Gasteiger partial charge in [-0.1, -0.05) is 18.2 Å². The summed E-state index contributed by atoms with van der Waals surface area (Å²) in [6.07, 6.45) is 0. The zero-order chi connectivity index (χ0) is 14.5. The second-order valence-electron chi connectivity index (χ2n) is 4.60. The second kappa shape index (κ2) is 6.10. The van der Waals surface area contributed by atoms with Gasteiger partial charge in [-0.05, 0) is 49.7 Å². The van der Waals surface area contributed by atoms with Crippen LogP contribution in [0.5, 0.6) is 11.5 Å². The zero-order valence-electron chi connectivity index (χ0n) is 11.5. The molecule has 20 heavy (non-hydrogen) atoms. The first-order chi connectivity index (χ1) is 9.56. The maximum atomic E-state index is 10.8. The molecule has 0 aliphatic carbocycles. The molecule has 0 bridgehead atoms. The first-order valence-electron chi connectivity index (χ1n) is 6.39. The number of para-hydroxylation sites is 1. The number of rotatable bonds is 5. The molecule has 4 nitrogen and oxygen atoms in total. The molecule has 2 N–H and O–H groups in total. The molecule has 0 aliphatic heterocycles.